The third-order valence-corrected chi connectivity index (χ3v) is 4.79. The molecular formula is C18H19NO4. The number of carbonyl (C=O) groups is 2. The quantitative estimate of drug-likeness (QED) is 0.496. The number of aromatic nitrogens is 1. The molecule has 1 aromatic carbocycles. The van der Waals surface area contributed by atoms with Crippen LogP contribution in [0.5, 0.6) is 0 Å². The van der Waals surface area contributed by atoms with Crippen LogP contribution in [0.2, 0.25) is 0 Å². The van der Waals surface area contributed by atoms with Crippen molar-refractivity contribution in [1.29, 1.82) is 0 Å². The van der Waals surface area contributed by atoms with Gasteiger partial charge in [0.25, 0.3) is 0 Å². The van der Waals surface area contributed by atoms with E-state index in [4.69, 9.17) is 9.47 Å². The summed E-state index contributed by atoms with van der Waals surface area (Å²) in [6, 6.07) is 9.61. The summed E-state index contributed by atoms with van der Waals surface area (Å²) >= 11 is 0. The zero-order valence-corrected chi connectivity index (χ0v) is 13.5. The van der Waals surface area contributed by atoms with Crippen molar-refractivity contribution in [3.63, 3.8) is 0 Å². The average molecular weight is 313 g/mol. The Morgan fingerprint density at radius 2 is 1.83 bits per heavy atom. The second-order valence-corrected chi connectivity index (χ2v) is 6.05. The van der Waals surface area contributed by atoms with Crippen molar-refractivity contribution in [3.05, 3.63) is 48.7 Å². The molecule has 0 aliphatic carbocycles. The minimum Gasteiger partial charge on any atom is -0.468 e. The highest BCUT2D eigenvalue weighted by atomic mass is 16.5. The monoisotopic (exact) mass is 313 g/mol. The number of nitrogens with zero attached hydrogens (tertiary/aromatic N) is 1. The van der Waals surface area contributed by atoms with Crippen molar-refractivity contribution in [2.45, 2.75) is 24.3 Å². The Balaban J connectivity index is 2.42. The number of hydrogen-bond donors (Lipinski definition) is 0. The van der Waals surface area contributed by atoms with Crippen molar-refractivity contribution < 1.29 is 19.1 Å². The normalized spacial score (nSPS) is 21.7. The van der Waals surface area contributed by atoms with Gasteiger partial charge >= 0.3 is 11.9 Å². The Morgan fingerprint density at radius 3 is 2.39 bits per heavy atom. The molecule has 1 aromatic heterocycles. The second-order valence-electron chi connectivity index (χ2n) is 6.05. The summed E-state index contributed by atoms with van der Waals surface area (Å²) in [7, 11) is 2.56. The topological polar surface area (TPSA) is 57.5 Å². The maximum Gasteiger partial charge on any atom is 0.329 e. The van der Waals surface area contributed by atoms with E-state index in [9.17, 15) is 9.59 Å². The predicted octanol–water partition coefficient (Wildman–Crippen LogP) is 2.53. The molecule has 0 bridgehead atoms. The number of carbonyl (C=O) groups excluding carboxylic acids is 2. The lowest BCUT2D eigenvalue weighted by molar-refractivity contribution is -0.162. The van der Waals surface area contributed by atoms with Gasteiger partial charge in [-0.15, -0.1) is 6.58 Å². The second kappa shape index (κ2) is 4.98. The fourth-order valence-electron chi connectivity index (χ4n) is 3.67. The first kappa shape index (κ1) is 15.3. The van der Waals surface area contributed by atoms with Crippen molar-refractivity contribution in [3.8, 4) is 0 Å². The number of benzene rings is 1. The number of hydrogen-bond acceptors (Lipinski definition) is 4. The molecule has 0 spiro atoms. The molecule has 3 rings (SSSR count). The van der Waals surface area contributed by atoms with E-state index >= 15 is 0 Å². The minimum atomic E-state index is -1.48. The molecule has 0 amide bonds. The van der Waals surface area contributed by atoms with Crippen LogP contribution < -0.4 is 0 Å². The van der Waals surface area contributed by atoms with Gasteiger partial charge in [0.15, 0.2) is 0 Å². The van der Waals surface area contributed by atoms with Crippen LogP contribution in [0, 0.1) is 0 Å². The molecule has 0 radical (unpaired) electrons. The lowest BCUT2D eigenvalue weighted by atomic mass is 9.78. The van der Waals surface area contributed by atoms with Crippen molar-refractivity contribution in [2.24, 2.45) is 0 Å². The Bertz CT molecular complexity index is 804. The van der Waals surface area contributed by atoms with Gasteiger partial charge in [-0.25, -0.2) is 0 Å². The van der Waals surface area contributed by atoms with Gasteiger partial charge in [0, 0.05) is 17.6 Å². The maximum absolute atomic E-state index is 12.6. The summed E-state index contributed by atoms with van der Waals surface area (Å²) in [6.07, 6.45) is 1.99. The first-order valence-electron chi connectivity index (χ1n) is 7.36. The number of methoxy groups -OCH3 is 2. The standard InChI is InChI=1S/C18H19NO4/c1-5-17(2)11-18(15(20)22-3,16(21)23-4)14-10-12-8-6-7-9-13(12)19(14)17/h5-10H,1,11H2,2-4H3/t17-/m0/s1. The zero-order chi connectivity index (χ0) is 16.8. The summed E-state index contributed by atoms with van der Waals surface area (Å²) in [5.74, 6) is -1.22. The molecule has 0 N–H and O–H groups in total. The van der Waals surface area contributed by atoms with E-state index in [0.717, 1.165) is 10.9 Å². The highest BCUT2D eigenvalue weighted by Crippen LogP contribution is 2.50. The maximum atomic E-state index is 12.6. The number of allylic oxidation sites excluding steroid dienone is 1. The van der Waals surface area contributed by atoms with Gasteiger partial charge < -0.3 is 14.0 Å². The van der Waals surface area contributed by atoms with Crippen molar-refractivity contribution in [1.82, 2.24) is 4.57 Å². The lowest BCUT2D eigenvalue weighted by Gasteiger charge is -2.26. The number of fused-ring (bicyclic) bond motifs is 3. The zero-order valence-electron chi connectivity index (χ0n) is 13.5. The van der Waals surface area contributed by atoms with E-state index in [1.807, 2.05) is 41.8 Å². The summed E-state index contributed by atoms with van der Waals surface area (Å²) in [5, 5.41) is 0.951. The largest absolute Gasteiger partial charge is 0.468 e. The Labute approximate surface area is 134 Å². The fourth-order valence-corrected chi connectivity index (χ4v) is 3.67. The molecule has 0 fully saturated rings. The van der Waals surface area contributed by atoms with E-state index < -0.39 is 22.9 Å². The summed E-state index contributed by atoms with van der Waals surface area (Å²) < 4.78 is 11.9. The molecule has 0 saturated heterocycles. The Kier molecular flexibility index (Phi) is 3.32. The van der Waals surface area contributed by atoms with Gasteiger partial charge in [-0.05, 0) is 24.4 Å². The van der Waals surface area contributed by atoms with E-state index in [0.29, 0.717) is 5.69 Å². The molecule has 5 heteroatoms. The van der Waals surface area contributed by atoms with Crippen LogP contribution in [0.3, 0.4) is 0 Å². The van der Waals surface area contributed by atoms with E-state index in [-0.39, 0.29) is 6.42 Å². The molecule has 1 aliphatic rings. The van der Waals surface area contributed by atoms with Crippen LogP contribution in [0.15, 0.2) is 43.0 Å². The molecule has 0 saturated carbocycles. The van der Waals surface area contributed by atoms with Gasteiger partial charge in [0.1, 0.15) is 0 Å². The number of rotatable bonds is 3. The highest BCUT2D eigenvalue weighted by Gasteiger charge is 2.61. The van der Waals surface area contributed by atoms with Crippen LogP contribution in [-0.2, 0) is 30.0 Å². The number of para-hydroxylation sites is 1. The Morgan fingerprint density at radius 1 is 1.22 bits per heavy atom. The molecule has 0 unspecified atom stereocenters. The third-order valence-electron chi connectivity index (χ3n) is 4.79. The molecule has 2 heterocycles. The molecule has 120 valence electrons. The van der Waals surface area contributed by atoms with Crippen molar-refractivity contribution >= 4 is 22.8 Å². The smallest absolute Gasteiger partial charge is 0.329 e. The van der Waals surface area contributed by atoms with Crippen molar-refractivity contribution in [2.75, 3.05) is 14.2 Å². The molecular weight excluding hydrogens is 294 g/mol. The Hall–Kier alpha value is -2.56. The summed E-state index contributed by atoms with van der Waals surface area (Å²) in [6.45, 7) is 5.86. The number of ether oxygens (including phenoxy) is 2. The third kappa shape index (κ3) is 1.79. The fraction of sp³-hybridized carbons (Fsp3) is 0.333. The van der Waals surface area contributed by atoms with Gasteiger partial charge in [-0.1, -0.05) is 24.3 Å². The van der Waals surface area contributed by atoms with Gasteiger partial charge in [-0.3, -0.25) is 9.59 Å². The van der Waals surface area contributed by atoms with Crippen LogP contribution in [0.4, 0.5) is 0 Å². The van der Waals surface area contributed by atoms with Crippen LogP contribution in [0.1, 0.15) is 19.0 Å². The van der Waals surface area contributed by atoms with E-state index in [2.05, 4.69) is 6.58 Å². The van der Waals surface area contributed by atoms with E-state index in [1.165, 1.54) is 14.2 Å². The highest BCUT2D eigenvalue weighted by molar-refractivity contribution is 6.08. The van der Waals surface area contributed by atoms with Crippen LogP contribution in [0.25, 0.3) is 10.9 Å². The van der Waals surface area contributed by atoms with Crippen LogP contribution in [-0.4, -0.2) is 30.7 Å². The summed E-state index contributed by atoms with van der Waals surface area (Å²) in [4.78, 5) is 25.2. The molecule has 5 nitrogen and oxygen atoms in total. The molecule has 1 aliphatic heterocycles. The van der Waals surface area contributed by atoms with Gasteiger partial charge in [0.2, 0.25) is 5.41 Å². The van der Waals surface area contributed by atoms with E-state index in [1.54, 1.807) is 6.08 Å². The lowest BCUT2D eigenvalue weighted by Crippen LogP contribution is -2.44. The first-order chi connectivity index (χ1) is 10.9. The molecule has 1 atom stereocenters. The molecule has 23 heavy (non-hydrogen) atoms. The molecule has 2 aromatic rings. The SMILES string of the molecule is C=C[C@@]1(C)CC(C(=O)OC)(C(=O)OC)c2cc3ccccc3n21. The number of esters is 2. The average Bonchev–Trinajstić information content (AvgIpc) is 3.09. The van der Waals surface area contributed by atoms with Crippen LogP contribution >= 0.6 is 0 Å². The first-order valence-corrected chi connectivity index (χ1v) is 7.36. The van der Waals surface area contributed by atoms with Gasteiger partial charge in [-0.2, -0.15) is 0 Å². The van der Waals surface area contributed by atoms with Gasteiger partial charge in [0.05, 0.1) is 19.8 Å². The summed E-state index contributed by atoms with van der Waals surface area (Å²) in [5.41, 5.74) is -0.550. The predicted molar refractivity (Wildman–Crippen MR) is 86.1 cm³/mol. The minimum absolute atomic E-state index is 0.225.